The molecule has 4 heterocycles. The predicted molar refractivity (Wildman–Crippen MR) is 150 cm³/mol. The Kier molecular flexibility index (Phi) is 7.55. The first-order valence-electron chi connectivity index (χ1n) is 13.3. The van der Waals surface area contributed by atoms with Crippen LogP contribution >= 0.6 is 0 Å². The van der Waals surface area contributed by atoms with Crippen molar-refractivity contribution in [1.82, 2.24) is 24.8 Å². The van der Waals surface area contributed by atoms with E-state index in [4.69, 9.17) is 15.2 Å². The summed E-state index contributed by atoms with van der Waals surface area (Å²) >= 11 is 0. The van der Waals surface area contributed by atoms with Crippen LogP contribution < -0.4 is 21.1 Å². The minimum atomic E-state index is -2.94. The molecule has 5 rings (SSSR count). The van der Waals surface area contributed by atoms with Gasteiger partial charge < -0.3 is 30.4 Å². The van der Waals surface area contributed by atoms with Crippen molar-refractivity contribution in [3.63, 3.8) is 0 Å². The third-order valence-electron chi connectivity index (χ3n) is 7.37. The van der Waals surface area contributed by atoms with Crippen LogP contribution in [0.25, 0.3) is 11.2 Å². The lowest BCUT2D eigenvalue weighted by molar-refractivity contribution is -0.166. The van der Waals surface area contributed by atoms with Gasteiger partial charge in [0, 0.05) is 49.5 Å². The summed E-state index contributed by atoms with van der Waals surface area (Å²) in [5.41, 5.74) is 5.84. The number of nitrogens with one attached hydrogen (secondary N) is 2. The molecule has 1 aliphatic carbocycles. The maximum Gasteiger partial charge on any atom is 0.269 e. The number of carbonyl (C=O) groups is 1. The summed E-state index contributed by atoms with van der Waals surface area (Å²) in [7, 11) is 1.52. The number of pyridine rings is 2. The lowest BCUT2D eigenvalue weighted by Crippen LogP contribution is -2.59. The Balaban J connectivity index is 1.45. The zero-order valence-electron chi connectivity index (χ0n) is 23.6. The third-order valence-corrected chi connectivity index (χ3v) is 7.37. The number of nitrogens with zero attached hydrogens (tertiary/aromatic N) is 6. The van der Waals surface area contributed by atoms with Crippen LogP contribution in [0.3, 0.4) is 0 Å². The number of nitriles is 1. The molecule has 1 saturated carbocycles. The van der Waals surface area contributed by atoms with E-state index in [1.807, 2.05) is 0 Å². The van der Waals surface area contributed by atoms with Gasteiger partial charge >= 0.3 is 0 Å². The molecule has 1 spiro atoms. The second kappa shape index (κ2) is 11.0. The Morgan fingerprint density at radius 2 is 2.12 bits per heavy atom. The van der Waals surface area contributed by atoms with Gasteiger partial charge in [0.1, 0.15) is 22.9 Å². The highest BCUT2D eigenvalue weighted by Gasteiger charge is 2.50. The molecule has 0 atom stereocenters. The maximum atomic E-state index is 14.4. The molecule has 0 radical (unpaired) electrons. The zero-order valence-corrected chi connectivity index (χ0v) is 23.6. The van der Waals surface area contributed by atoms with Gasteiger partial charge in [-0.1, -0.05) is 0 Å². The molecule has 3 aromatic rings. The van der Waals surface area contributed by atoms with Crippen molar-refractivity contribution in [3.05, 3.63) is 41.9 Å². The highest BCUT2D eigenvalue weighted by Crippen LogP contribution is 2.47. The number of aryl methyl sites for hydroxylation is 1. The van der Waals surface area contributed by atoms with Crippen LogP contribution in [-0.4, -0.2) is 50.5 Å². The fourth-order valence-electron chi connectivity index (χ4n) is 5.10. The van der Waals surface area contributed by atoms with Crippen molar-refractivity contribution in [2.24, 2.45) is 28.6 Å². The first kappa shape index (κ1) is 28.9. The second-order valence-corrected chi connectivity index (χ2v) is 11.2. The number of rotatable bonds is 9. The molecule has 2 fully saturated rings. The normalized spacial score (nSPS) is 17.1. The fraction of sp³-hybridized carbons (Fsp3) is 0.429. The fourth-order valence-corrected chi connectivity index (χ4v) is 5.10. The number of fused-ring (bicyclic) bond motifs is 1. The molecule has 42 heavy (non-hydrogen) atoms. The van der Waals surface area contributed by atoms with Gasteiger partial charge in [-0.15, -0.1) is 0 Å². The van der Waals surface area contributed by atoms with Crippen LogP contribution in [0.2, 0.25) is 0 Å². The third kappa shape index (κ3) is 5.73. The van der Waals surface area contributed by atoms with E-state index in [-0.39, 0.29) is 57.6 Å². The van der Waals surface area contributed by atoms with Crippen LogP contribution in [0, 0.1) is 22.2 Å². The van der Waals surface area contributed by atoms with Gasteiger partial charge in [0.05, 0.1) is 36.5 Å². The molecule has 0 bridgehead atoms. The molecule has 2 aliphatic rings. The number of imidazole rings is 1. The number of ether oxygens (including phenoxy) is 2. The van der Waals surface area contributed by atoms with Gasteiger partial charge in [-0.25, -0.2) is 18.7 Å². The SMILES string of the molecule is CC(=O)Nc1cc(Oc2cnc3nc(N=C(N)/C=C(\NC4CC5(COC5)C4)C(C)(C)C#N)n(C)c3c2C(F)F)ccn1. The van der Waals surface area contributed by atoms with Gasteiger partial charge in [0.2, 0.25) is 11.9 Å². The van der Waals surface area contributed by atoms with E-state index in [1.54, 1.807) is 19.9 Å². The number of aliphatic imine (C=N–C) groups is 1. The first-order chi connectivity index (χ1) is 19.9. The topological polar surface area (TPSA) is 165 Å². The summed E-state index contributed by atoms with van der Waals surface area (Å²) in [5, 5.41) is 15.7. The average Bonchev–Trinajstić information content (AvgIpc) is 3.18. The zero-order chi connectivity index (χ0) is 30.2. The van der Waals surface area contributed by atoms with Crippen LogP contribution in [0.1, 0.15) is 45.6 Å². The number of nitrogens with two attached hydrogens (primary N) is 1. The Morgan fingerprint density at radius 1 is 1.38 bits per heavy atom. The van der Waals surface area contributed by atoms with Gasteiger partial charge in [-0.05, 0) is 32.8 Å². The average molecular weight is 580 g/mol. The lowest BCUT2D eigenvalue weighted by Gasteiger charge is -2.54. The van der Waals surface area contributed by atoms with Crippen molar-refractivity contribution >= 4 is 34.7 Å². The molecule has 14 heteroatoms. The summed E-state index contributed by atoms with van der Waals surface area (Å²) < 4.78 is 41.3. The molecule has 0 unspecified atom stereocenters. The minimum Gasteiger partial charge on any atom is -0.455 e. The van der Waals surface area contributed by atoms with Gasteiger partial charge in [-0.3, -0.25) is 4.79 Å². The van der Waals surface area contributed by atoms with Crippen LogP contribution in [0.5, 0.6) is 11.5 Å². The largest absolute Gasteiger partial charge is 0.455 e. The van der Waals surface area contributed by atoms with Crippen molar-refractivity contribution in [2.45, 2.75) is 46.1 Å². The summed E-state index contributed by atoms with van der Waals surface area (Å²) in [6, 6.07) is 5.34. The first-order valence-corrected chi connectivity index (χ1v) is 13.3. The van der Waals surface area contributed by atoms with E-state index in [0.29, 0.717) is 5.70 Å². The molecule has 0 aromatic carbocycles. The summed E-state index contributed by atoms with van der Waals surface area (Å²) in [6.45, 7) is 6.38. The summed E-state index contributed by atoms with van der Waals surface area (Å²) in [4.78, 5) is 28.3. The van der Waals surface area contributed by atoms with Gasteiger partial charge in [-0.2, -0.15) is 15.2 Å². The summed E-state index contributed by atoms with van der Waals surface area (Å²) in [5.74, 6) is -0.0682. The monoisotopic (exact) mass is 579 g/mol. The van der Waals surface area contributed by atoms with E-state index < -0.39 is 17.4 Å². The molecule has 4 N–H and O–H groups in total. The van der Waals surface area contributed by atoms with E-state index in [0.717, 1.165) is 32.3 Å². The van der Waals surface area contributed by atoms with E-state index in [9.17, 15) is 18.8 Å². The quantitative estimate of drug-likeness (QED) is 0.248. The van der Waals surface area contributed by atoms with Crippen LogP contribution in [0.15, 0.2) is 41.3 Å². The Hall–Kier alpha value is -4.64. The Morgan fingerprint density at radius 3 is 2.74 bits per heavy atom. The number of hydrogen-bond acceptors (Lipinski definition) is 9. The van der Waals surface area contributed by atoms with Crippen molar-refractivity contribution in [2.75, 3.05) is 18.5 Å². The standard InChI is InChI=1S/C28H31F2N9O3/c1-15(40)35-21-7-17(5-6-33-21)42-18-11-34-25-23(22(18)24(29)30)39(4)26(38-25)37-20(32)8-19(27(2,3)12-31)36-16-9-28(10-16)13-41-14-28/h5-8,11,16,24,36H,9-10,13-14H2,1-4H3,(H,33,35,40)(H2,32,34,37,38)/b19-8-. The number of alkyl halides is 2. The van der Waals surface area contributed by atoms with E-state index in [2.05, 4.69) is 36.6 Å². The molecule has 12 nitrogen and oxygen atoms in total. The number of halogens is 2. The number of anilines is 1. The van der Waals surface area contributed by atoms with Crippen LogP contribution in [0.4, 0.5) is 20.5 Å². The van der Waals surface area contributed by atoms with Crippen molar-refractivity contribution in [1.29, 1.82) is 5.26 Å². The number of carbonyl (C=O) groups excluding carboxylic acids is 1. The summed E-state index contributed by atoms with van der Waals surface area (Å²) in [6.07, 6.45) is 3.05. The molecule has 1 aliphatic heterocycles. The van der Waals surface area contributed by atoms with E-state index >= 15 is 0 Å². The number of hydrogen-bond donors (Lipinski definition) is 3. The molecule has 220 valence electrons. The van der Waals surface area contributed by atoms with Crippen molar-refractivity contribution < 1.29 is 23.0 Å². The molecule has 3 aromatic heterocycles. The maximum absolute atomic E-state index is 14.4. The second-order valence-electron chi connectivity index (χ2n) is 11.2. The lowest BCUT2D eigenvalue weighted by atomic mass is 9.64. The van der Waals surface area contributed by atoms with E-state index in [1.165, 1.54) is 36.9 Å². The molecular weight excluding hydrogens is 548 g/mol. The van der Waals surface area contributed by atoms with Crippen LogP contribution in [-0.2, 0) is 16.6 Å². The smallest absolute Gasteiger partial charge is 0.269 e. The van der Waals surface area contributed by atoms with Crippen molar-refractivity contribution in [3.8, 4) is 17.6 Å². The number of amides is 1. The Labute approximate surface area is 240 Å². The number of aromatic nitrogens is 4. The van der Waals surface area contributed by atoms with Gasteiger partial charge in [0.15, 0.2) is 11.4 Å². The highest BCUT2D eigenvalue weighted by atomic mass is 19.3. The predicted octanol–water partition coefficient (Wildman–Crippen LogP) is 4.24. The molecule has 1 amide bonds. The minimum absolute atomic E-state index is 0.0207. The molecular formula is C28H31F2N9O3. The number of amidine groups is 1. The Bertz CT molecular complexity index is 1630. The van der Waals surface area contributed by atoms with Gasteiger partial charge in [0.25, 0.3) is 6.43 Å². The number of allylic oxidation sites excluding steroid dienone is 1. The highest BCUT2D eigenvalue weighted by molar-refractivity contribution is 5.94. The molecule has 1 saturated heterocycles.